The Kier molecular flexibility index (Phi) is 2.65. The molecule has 1 N–H and O–H groups in total. The molecule has 0 saturated heterocycles. The van der Waals surface area contributed by atoms with E-state index in [2.05, 4.69) is 22.5 Å². The van der Waals surface area contributed by atoms with Crippen molar-refractivity contribution in [1.82, 2.24) is 0 Å². The average molecular weight is 219 g/mol. The van der Waals surface area contributed by atoms with E-state index in [1.54, 1.807) is 11.3 Å². The van der Waals surface area contributed by atoms with Gasteiger partial charge in [0.1, 0.15) is 0 Å². The molecule has 0 amide bonds. The topological polar surface area (TPSA) is 20.2 Å². The largest absolute Gasteiger partial charge is 0.392 e. The van der Waals surface area contributed by atoms with Crippen LogP contribution in [0.3, 0.4) is 0 Å². The highest BCUT2D eigenvalue weighted by Crippen LogP contribution is 2.26. The Bertz CT molecular complexity index is 242. The third-order valence-electron chi connectivity index (χ3n) is 1.11. The summed E-state index contributed by atoms with van der Waals surface area (Å²) in [6, 6.07) is 3.88. The molecule has 0 saturated carbocycles. The highest BCUT2D eigenvalue weighted by atomic mass is 79.9. The van der Waals surface area contributed by atoms with Crippen LogP contribution in [-0.4, -0.2) is 11.7 Å². The second kappa shape index (κ2) is 3.32. The normalized spacial score (nSPS) is 9.80. The quantitative estimate of drug-likeness (QED) is 0.810. The molecule has 10 heavy (non-hydrogen) atoms. The number of halogens is 1. The number of aliphatic hydroxyl groups excluding tert-OH is 1. The molecular formula is C7H7BrOS. The van der Waals surface area contributed by atoms with Crippen molar-refractivity contribution in [3.05, 3.63) is 27.4 Å². The molecule has 1 heterocycles. The van der Waals surface area contributed by atoms with Gasteiger partial charge in [-0.25, -0.2) is 0 Å². The third kappa shape index (κ3) is 1.68. The third-order valence-corrected chi connectivity index (χ3v) is 2.84. The second-order valence-corrected chi connectivity index (χ2v) is 4.33. The Morgan fingerprint density at radius 3 is 2.80 bits per heavy atom. The Hall–Kier alpha value is -0.120. The van der Waals surface area contributed by atoms with Gasteiger partial charge in [0.2, 0.25) is 0 Å². The van der Waals surface area contributed by atoms with E-state index in [4.69, 9.17) is 5.11 Å². The molecule has 3 heteroatoms. The van der Waals surface area contributed by atoms with Gasteiger partial charge in [0, 0.05) is 4.88 Å². The molecule has 0 aliphatic carbocycles. The minimum absolute atomic E-state index is 0.0347. The summed E-state index contributed by atoms with van der Waals surface area (Å²) < 4.78 is 1.07. The lowest BCUT2D eigenvalue weighted by Gasteiger charge is -1.93. The van der Waals surface area contributed by atoms with E-state index < -0.39 is 0 Å². The Labute approximate surface area is 72.1 Å². The SMILES string of the molecule is C=C(CO)c1ccc(Br)s1. The molecule has 1 rings (SSSR count). The van der Waals surface area contributed by atoms with Crippen LogP contribution in [0.4, 0.5) is 0 Å². The summed E-state index contributed by atoms with van der Waals surface area (Å²) in [5.41, 5.74) is 0.774. The molecule has 1 aromatic rings. The van der Waals surface area contributed by atoms with Crippen LogP contribution in [0.15, 0.2) is 22.5 Å². The fraction of sp³-hybridized carbons (Fsp3) is 0.143. The summed E-state index contributed by atoms with van der Waals surface area (Å²) in [6.45, 7) is 3.73. The summed E-state index contributed by atoms with van der Waals surface area (Å²) in [6.07, 6.45) is 0. The first kappa shape index (κ1) is 7.98. The molecule has 0 bridgehead atoms. The molecule has 0 aliphatic heterocycles. The van der Waals surface area contributed by atoms with Gasteiger partial charge in [-0.15, -0.1) is 11.3 Å². The van der Waals surface area contributed by atoms with Crippen molar-refractivity contribution in [3.8, 4) is 0 Å². The van der Waals surface area contributed by atoms with Crippen LogP contribution in [0.25, 0.3) is 5.57 Å². The predicted octanol–water partition coefficient (Wildman–Crippen LogP) is 2.52. The van der Waals surface area contributed by atoms with Gasteiger partial charge in [0.05, 0.1) is 10.4 Å². The Balaban J connectivity index is 2.85. The molecule has 0 fully saturated rings. The van der Waals surface area contributed by atoms with Gasteiger partial charge < -0.3 is 5.11 Å². The van der Waals surface area contributed by atoms with Crippen LogP contribution in [0.1, 0.15) is 4.88 Å². The number of hydrogen-bond acceptors (Lipinski definition) is 2. The molecule has 0 radical (unpaired) electrons. The van der Waals surface area contributed by atoms with Crippen LogP contribution in [-0.2, 0) is 0 Å². The zero-order chi connectivity index (χ0) is 7.56. The Morgan fingerprint density at radius 1 is 1.70 bits per heavy atom. The maximum Gasteiger partial charge on any atom is 0.0704 e. The van der Waals surface area contributed by atoms with Crippen molar-refractivity contribution in [3.63, 3.8) is 0 Å². The fourth-order valence-corrected chi connectivity index (χ4v) is 1.93. The Morgan fingerprint density at radius 2 is 2.40 bits per heavy atom. The van der Waals surface area contributed by atoms with Gasteiger partial charge in [0.15, 0.2) is 0 Å². The molecule has 1 aromatic heterocycles. The molecule has 0 aliphatic rings. The molecule has 0 unspecified atom stereocenters. The monoisotopic (exact) mass is 218 g/mol. The van der Waals surface area contributed by atoms with Crippen molar-refractivity contribution in [2.24, 2.45) is 0 Å². The van der Waals surface area contributed by atoms with Gasteiger partial charge >= 0.3 is 0 Å². The van der Waals surface area contributed by atoms with Gasteiger partial charge in [-0.3, -0.25) is 0 Å². The van der Waals surface area contributed by atoms with Crippen molar-refractivity contribution in [1.29, 1.82) is 0 Å². The lowest BCUT2D eigenvalue weighted by Crippen LogP contribution is -1.82. The molecule has 1 nitrogen and oxygen atoms in total. The predicted molar refractivity (Wildman–Crippen MR) is 48.1 cm³/mol. The van der Waals surface area contributed by atoms with E-state index in [9.17, 15) is 0 Å². The maximum atomic E-state index is 8.69. The van der Waals surface area contributed by atoms with Gasteiger partial charge in [-0.1, -0.05) is 6.58 Å². The standard InChI is InChI=1S/C7H7BrOS/c1-5(4-9)6-2-3-7(8)10-6/h2-3,9H,1,4H2. The number of aliphatic hydroxyl groups is 1. The van der Waals surface area contributed by atoms with Gasteiger partial charge in [-0.05, 0) is 33.6 Å². The van der Waals surface area contributed by atoms with E-state index in [1.165, 1.54) is 0 Å². The summed E-state index contributed by atoms with van der Waals surface area (Å²) in [5.74, 6) is 0. The van der Waals surface area contributed by atoms with Gasteiger partial charge in [0.25, 0.3) is 0 Å². The summed E-state index contributed by atoms with van der Waals surface area (Å²) in [5, 5.41) is 8.69. The van der Waals surface area contributed by atoms with E-state index in [0.29, 0.717) is 0 Å². The molecule has 0 aromatic carbocycles. The van der Waals surface area contributed by atoms with Crippen LogP contribution in [0.5, 0.6) is 0 Å². The molecule has 0 atom stereocenters. The first-order valence-electron chi connectivity index (χ1n) is 2.78. The summed E-state index contributed by atoms with van der Waals surface area (Å²) in [4.78, 5) is 1.04. The van der Waals surface area contributed by atoms with Crippen LogP contribution < -0.4 is 0 Å². The molecule has 0 spiro atoms. The highest BCUT2D eigenvalue weighted by Gasteiger charge is 1.99. The zero-order valence-electron chi connectivity index (χ0n) is 5.30. The molecule has 54 valence electrons. The lowest BCUT2D eigenvalue weighted by atomic mass is 10.3. The van der Waals surface area contributed by atoms with Crippen LogP contribution in [0, 0.1) is 0 Å². The van der Waals surface area contributed by atoms with Crippen LogP contribution >= 0.6 is 27.3 Å². The van der Waals surface area contributed by atoms with Gasteiger partial charge in [-0.2, -0.15) is 0 Å². The van der Waals surface area contributed by atoms with Crippen molar-refractivity contribution >= 4 is 32.8 Å². The first-order valence-corrected chi connectivity index (χ1v) is 4.39. The van der Waals surface area contributed by atoms with E-state index in [-0.39, 0.29) is 6.61 Å². The number of rotatable bonds is 2. The van der Waals surface area contributed by atoms with E-state index in [1.807, 2.05) is 12.1 Å². The minimum Gasteiger partial charge on any atom is -0.392 e. The minimum atomic E-state index is 0.0347. The van der Waals surface area contributed by atoms with Crippen molar-refractivity contribution in [2.45, 2.75) is 0 Å². The molecular weight excluding hydrogens is 212 g/mol. The highest BCUT2D eigenvalue weighted by molar-refractivity contribution is 9.11. The smallest absolute Gasteiger partial charge is 0.0704 e. The van der Waals surface area contributed by atoms with E-state index >= 15 is 0 Å². The summed E-state index contributed by atoms with van der Waals surface area (Å²) >= 11 is 4.90. The maximum absolute atomic E-state index is 8.69. The number of hydrogen-bond donors (Lipinski definition) is 1. The van der Waals surface area contributed by atoms with E-state index in [0.717, 1.165) is 14.2 Å². The zero-order valence-corrected chi connectivity index (χ0v) is 7.70. The summed E-state index contributed by atoms with van der Waals surface area (Å²) in [7, 11) is 0. The second-order valence-electron chi connectivity index (χ2n) is 1.87. The fourth-order valence-electron chi connectivity index (χ4n) is 0.582. The average Bonchev–Trinajstić information content (AvgIpc) is 2.34. The van der Waals surface area contributed by atoms with Crippen LogP contribution in [0.2, 0.25) is 0 Å². The van der Waals surface area contributed by atoms with Crippen molar-refractivity contribution < 1.29 is 5.11 Å². The van der Waals surface area contributed by atoms with Crippen molar-refractivity contribution in [2.75, 3.05) is 6.61 Å². The first-order chi connectivity index (χ1) is 4.74. The lowest BCUT2D eigenvalue weighted by molar-refractivity contribution is 0.351. The number of thiophene rings is 1.